The molecule has 0 aliphatic heterocycles. The van der Waals surface area contributed by atoms with Gasteiger partial charge < -0.3 is 4.90 Å². The van der Waals surface area contributed by atoms with Gasteiger partial charge in [-0.2, -0.15) is 5.26 Å². The van der Waals surface area contributed by atoms with Crippen molar-refractivity contribution in [3.63, 3.8) is 0 Å². The Morgan fingerprint density at radius 3 is 2.62 bits per heavy atom. The highest BCUT2D eigenvalue weighted by atomic mass is 15.1. The van der Waals surface area contributed by atoms with Crippen molar-refractivity contribution >= 4 is 5.69 Å². The molecule has 0 aliphatic carbocycles. The Bertz CT molecular complexity index is 388. The summed E-state index contributed by atoms with van der Waals surface area (Å²) in [6, 6.07) is 8.14. The molecule has 86 valence electrons. The quantitative estimate of drug-likeness (QED) is 0.771. The SMILES string of the molecule is Cc1cccc(C#N)c1N(C)CCC(C)C. The van der Waals surface area contributed by atoms with Crippen LogP contribution in [0.25, 0.3) is 0 Å². The number of para-hydroxylation sites is 1. The Balaban J connectivity index is 2.90. The molecule has 0 aliphatic rings. The number of rotatable bonds is 4. The molecule has 1 aromatic carbocycles. The van der Waals surface area contributed by atoms with E-state index in [1.54, 1.807) is 0 Å². The van der Waals surface area contributed by atoms with E-state index >= 15 is 0 Å². The number of hydrogen-bond acceptors (Lipinski definition) is 2. The van der Waals surface area contributed by atoms with Crippen LogP contribution in [0, 0.1) is 24.2 Å². The van der Waals surface area contributed by atoms with E-state index < -0.39 is 0 Å². The largest absolute Gasteiger partial charge is 0.373 e. The van der Waals surface area contributed by atoms with Gasteiger partial charge in [-0.05, 0) is 30.9 Å². The minimum absolute atomic E-state index is 0.692. The summed E-state index contributed by atoms with van der Waals surface area (Å²) in [7, 11) is 2.06. The third kappa shape index (κ3) is 3.00. The summed E-state index contributed by atoms with van der Waals surface area (Å²) in [6.45, 7) is 7.49. The minimum Gasteiger partial charge on any atom is -0.373 e. The number of benzene rings is 1. The molecule has 0 amide bonds. The van der Waals surface area contributed by atoms with E-state index in [2.05, 4.69) is 44.9 Å². The molecule has 0 radical (unpaired) electrons. The van der Waals surface area contributed by atoms with Gasteiger partial charge in [-0.1, -0.05) is 26.0 Å². The van der Waals surface area contributed by atoms with Crippen LogP contribution in [0.2, 0.25) is 0 Å². The van der Waals surface area contributed by atoms with Crippen LogP contribution in [0.15, 0.2) is 18.2 Å². The van der Waals surface area contributed by atoms with E-state index in [0.717, 1.165) is 24.2 Å². The number of aryl methyl sites for hydroxylation is 1. The van der Waals surface area contributed by atoms with Crippen LogP contribution in [-0.2, 0) is 0 Å². The van der Waals surface area contributed by atoms with Crippen LogP contribution in [0.3, 0.4) is 0 Å². The zero-order valence-electron chi connectivity index (χ0n) is 10.6. The molecule has 1 rings (SSSR count). The molecular weight excluding hydrogens is 196 g/mol. The van der Waals surface area contributed by atoms with Crippen molar-refractivity contribution in [3.05, 3.63) is 29.3 Å². The lowest BCUT2D eigenvalue weighted by molar-refractivity contribution is 0.585. The lowest BCUT2D eigenvalue weighted by atomic mass is 10.1. The minimum atomic E-state index is 0.692. The van der Waals surface area contributed by atoms with E-state index in [1.165, 1.54) is 5.56 Å². The molecule has 0 bridgehead atoms. The third-order valence-electron chi connectivity index (χ3n) is 2.78. The van der Waals surface area contributed by atoms with Crippen molar-refractivity contribution in [3.8, 4) is 6.07 Å². The first kappa shape index (κ1) is 12.6. The topological polar surface area (TPSA) is 27.0 Å². The average Bonchev–Trinajstić information content (AvgIpc) is 2.25. The van der Waals surface area contributed by atoms with Crippen molar-refractivity contribution in [2.75, 3.05) is 18.5 Å². The monoisotopic (exact) mass is 216 g/mol. The van der Waals surface area contributed by atoms with Gasteiger partial charge in [0.25, 0.3) is 0 Å². The molecule has 2 nitrogen and oxygen atoms in total. The Labute approximate surface area is 98.5 Å². The van der Waals surface area contributed by atoms with E-state index in [0.29, 0.717) is 5.92 Å². The number of anilines is 1. The molecular formula is C14H20N2. The summed E-state index contributed by atoms with van der Waals surface area (Å²) in [5, 5.41) is 9.09. The van der Waals surface area contributed by atoms with Crippen molar-refractivity contribution in [2.45, 2.75) is 27.2 Å². The standard InChI is InChI=1S/C14H20N2/c1-11(2)8-9-16(4)14-12(3)6-5-7-13(14)10-15/h5-7,11H,8-9H2,1-4H3. The molecule has 2 heteroatoms. The number of hydrogen-bond donors (Lipinski definition) is 0. The van der Waals surface area contributed by atoms with E-state index in [-0.39, 0.29) is 0 Å². The maximum atomic E-state index is 9.09. The number of nitrogens with zero attached hydrogens (tertiary/aromatic N) is 2. The van der Waals surface area contributed by atoms with E-state index in [1.807, 2.05) is 12.1 Å². The van der Waals surface area contributed by atoms with Crippen LogP contribution in [0.1, 0.15) is 31.4 Å². The maximum absolute atomic E-state index is 9.09. The summed E-state index contributed by atoms with van der Waals surface area (Å²) in [6.07, 6.45) is 1.15. The summed E-state index contributed by atoms with van der Waals surface area (Å²) in [5.41, 5.74) is 3.02. The van der Waals surface area contributed by atoms with Gasteiger partial charge in [-0.15, -0.1) is 0 Å². The Morgan fingerprint density at radius 2 is 2.06 bits per heavy atom. The second kappa shape index (κ2) is 5.55. The summed E-state index contributed by atoms with van der Waals surface area (Å²) in [4.78, 5) is 2.19. The zero-order valence-corrected chi connectivity index (χ0v) is 10.6. The van der Waals surface area contributed by atoms with Gasteiger partial charge >= 0.3 is 0 Å². The summed E-state index contributed by atoms with van der Waals surface area (Å²) >= 11 is 0. The molecule has 16 heavy (non-hydrogen) atoms. The van der Waals surface area contributed by atoms with Gasteiger partial charge in [-0.3, -0.25) is 0 Å². The van der Waals surface area contributed by atoms with Gasteiger partial charge in [0.05, 0.1) is 11.3 Å². The maximum Gasteiger partial charge on any atom is 0.101 e. The highest BCUT2D eigenvalue weighted by Gasteiger charge is 2.10. The van der Waals surface area contributed by atoms with Crippen LogP contribution < -0.4 is 4.90 Å². The first-order valence-electron chi connectivity index (χ1n) is 5.77. The summed E-state index contributed by atoms with van der Waals surface area (Å²) < 4.78 is 0. The molecule has 0 aromatic heterocycles. The average molecular weight is 216 g/mol. The van der Waals surface area contributed by atoms with Crippen LogP contribution >= 0.6 is 0 Å². The normalized spacial score (nSPS) is 10.2. The predicted molar refractivity (Wildman–Crippen MR) is 68.6 cm³/mol. The Hall–Kier alpha value is -1.49. The molecule has 1 aromatic rings. The fraction of sp³-hybridized carbons (Fsp3) is 0.500. The molecule has 0 heterocycles. The van der Waals surface area contributed by atoms with Crippen LogP contribution in [0.5, 0.6) is 0 Å². The highest BCUT2D eigenvalue weighted by Crippen LogP contribution is 2.23. The van der Waals surface area contributed by atoms with E-state index in [4.69, 9.17) is 5.26 Å². The van der Waals surface area contributed by atoms with Gasteiger partial charge in [0.2, 0.25) is 0 Å². The first-order valence-corrected chi connectivity index (χ1v) is 5.77. The molecule has 0 spiro atoms. The van der Waals surface area contributed by atoms with Gasteiger partial charge in [0, 0.05) is 13.6 Å². The fourth-order valence-electron chi connectivity index (χ4n) is 1.82. The first-order chi connectivity index (χ1) is 7.56. The number of nitriles is 1. The third-order valence-corrected chi connectivity index (χ3v) is 2.78. The smallest absolute Gasteiger partial charge is 0.101 e. The van der Waals surface area contributed by atoms with Crippen LogP contribution in [-0.4, -0.2) is 13.6 Å². The molecule has 0 atom stereocenters. The second-order valence-corrected chi connectivity index (χ2v) is 4.69. The second-order valence-electron chi connectivity index (χ2n) is 4.69. The predicted octanol–water partition coefficient (Wildman–Crippen LogP) is 3.35. The van der Waals surface area contributed by atoms with Gasteiger partial charge in [0.15, 0.2) is 0 Å². The van der Waals surface area contributed by atoms with Crippen molar-refractivity contribution in [1.29, 1.82) is 5.26 Å². The highest BCUT2D eigenvalue weighted by molar-refractivity contribution is 5.63. The zero-order chi connectivity index (χ0) is 12.1. The Kier molecular flexibility index (Phi) is 4.37. The van der Waals surface area contributed by atoms with Crippen molar-refractivity contribution < 1.29 is 0 Å². The van der Waals surface area contributed by atoms with Crippen LogP contribution in [0.4, 0.5) is 5.69 Å². The summed E-state index contributed by atoms with van der Waals surface area (Å²) in [5.74, 6) is 0.692. The van der Waals surface area contributed by atoms with E-state index in [9.17, 15) is 0 Å². The fourth-order valence-corrected chi connectivity index (χ4v) is 1.82. The van der Waals surface area contributed by atoms with Gasteiger partial charge in [-0.25, -0.2) is 0 Å². The molecule has 0 unspecified atom stereocenters. The molecule has 0 N–H and O–H groups in total. The van der Waals surface area contributed by atoms with Gasteiger partial charge in [0.1, 0.15) is 6.07 Å². The molecule has 0 saturated carbocycles. The molecule has 0 fully saturated rings. The lowest BCUT2D eigenvalue weighted by Gasteiger charge is -2.23. The van der Waals surface area contributed by atoms with Crippen molar-refractivity contribution in [1.82, 2.24) is 0 Å². The Morgan fingerprint density at radius 1 is 1.38 bits per heavy atom. The molecule has 0 saturated heterocycles. The van der Waals surface area contributed by atoms with Crippen molar-refractivity contribution in [2.24, 2.45) is 5.92 Å². The lowest BCUT2D eigenvalue weighted by Crippen LogP contribution is -2.21.